The summed E-state index contributed by atoms with van der Waals surface area (Å²) in [5, 5.41) is 9.07. The Hall–Kier alpha value is -2.50. The van der Waals surface area contributed by atoms with Gasteiger partial charge < -0.3 is 9.67 Å². The topological polar surface area (TPSA) is 59.3 Å². The second-order valence-electron chi connectivity index (χ2n) is 4.34. The molecular weight excluding hydrogens is 268 g/mol. The van der Waals surface area contributed by atoms with Crippen LogP contribution in [0.2, 0.25) is 0 Å². The molecule has 0 amide bonds. The van der Waals surface area contributed by atoms with Gasteiger partial charge in [0.15, 0.2) is 5.78 Å². The van der Waals surface area contributed by atoms with Gasteiger partial charge >= 0.3 is 5.97 Å². The molecule has 1 aromatic carbocycles. The van der Waals surface area contributed by atoms with Crippen molar-refractivity contribution in [2.75, 3.05) is 0 Å². The molecule has 0 radical (unpaired) electrons. The lowest BCUT2D eigenvalue weighted by molar-refractivity contribution is 0.0685. The predicted molar refractivity (Wildman–Crippen MR) is 66.9 cm³/mol. The van der Waals surface area contributed by atoms with Crippen LogP contribution in [-0.2, 0) is 6.54 Å². The number of benzene rings is 1. The van der Waals surface area contributed by atoms with E-state index in [1.165, 1.54) is 29.8 Å². The Balaban J connectivity index is 2.42. The number of nitrogens with zero attached hydrogens (tertiary/aromatic N) is 1. The van der Waals surface area contributed by atoms with Crippen molar-refractivity contribution in [3.8, 4) is 0 Å². The molecular formula is C14H11F2NO3. The minimum atomic E-state index is -1.22. The first-order valence-electron chi connectivity index (χ1n) is 5.77. The summed E-state index contributed by atoms with van der Waals surface area (Å²) in [6.07, 6.45) is 1.34. The summed E-state index contributed by atoms with van der Waals surface area (Å²) in [6.45, 7) is 1.21. The fourth-order valence-electron chi connectivity index (χ4n) is 1.85. The molecule has 0 unspecified atom stereocenters. The number of aromatic carboxylic acids is 1. The van der Waals surface area contributed by atoms with E-state index in [-0.39, 0.29) is 29.1 Å². The molecule has 0 atom stereocenters. The molecule has 2 rings (SSSR count). The molecule has 0 saturated carbocycles. The number of hydrogen-bond acceptors (Lipinski definition) is 2. The summed E-state index contributed by atoms with van der Waals surface area (Å²) < 4.78 is 27.6. The van der Waals surface area contributed by atoms with Crippen molar-refractivity contribution in [1.29, 1.82) is 0 Å². The maximum Gasteiger partial charge on any atom is 0.352 e. The van der Waals surface area contributed by atoms with Gasteiger partial charge in [0.1, 0.15) is 17.3 Å². The van der Waals surface area contributed by atoms with Crippen molar-refractivity contribution in [1.82, 2.24) is 4.57 Å². The van der Waals surface area contributed by atoms with E-state index in [0.29, 0.717) is 0 Å². The lowest BCUT2D eigenvalue weighted by atomic mass is 10.2. The number of rotatable bonds is 4. The van der Waals surface area contributed by atoms with Crippen LogP contribution in [0.5, 0.6) is 0 Å². The molecule has 0 aliphatic heterocycles. The number of ketones is 1. The van der Waals surface area contributed by atoms with Crippen molar-refractivity contribution in [3.05, 3.63) is 58.9 Å². The van der Waals surface area contributed by atoms with E-state index in [0.717, 1.165) is 12.1 Å². The largest absolute Gasteiger partial charge is 0.477 e. The Kier molecular flexibility index (Phi) is 3.65. The number of Topliss-reactive ketones (excluding diaryl/α,β-unsaturated/α-hetero) is 1. The lowest BCUT2D eigenvalue weighted by Gasteiger charge is -2.07. The highest BCUT2D eigenvalue weighted by atomic mass is 19.1. The monoisotopic (exact) mass is 279 g/mol. The average Bonchev–Trinajstić information content (AvgIpc) is 2.77. The Morgan fingerprint density at radius 2 is 1.95 bits per heavy atom. The van der Waals surface area contributed by atoms with Crippen molar-refractivity contribution in [2.24, 2.45) is 0 Å². The van der Waals surface area contributed by atoms with Gasteiger partial charge in [0, 0.05) is 23.4 Å². The Bertz CT molecular complexity index is 692. The smallest absolute Gasteiger partial charge is 0.352 e. The number of aromatic nitrogens is 1. The standard InChI is InChI=1S/C14H11F2NO3/c1-8(18)10-4-13(14(19)20)17(7-10)6-9-2-3-11(15)5-12(9)16/h2-5,7H,6H2,1H3,(H,19,20). The van der Waals surface area contributed by atoms with Crippen LogP contribution < -0.4 is 0 Å². The lowest BCUT2D eigenvalue weighted by Crippen LogP contribution is -2.09. The van der Waals surface area contributed by atoms with E-state index in [2.05, 4.69) is 0 Å². The number of hydrogen-bond donors (Lipinski definition) is 1. The highest BCUT2D eigenvalue weighted by Crippen LogP contribution is 2.16. The van der Waals surface area contributed by atoms with Gasteiger partial charge in [0.05, 0.1) is 6.54 Å². The third-order valence-electron chi connectivity index (χ3n) is 2.88. The van der Waals surface area contributed by atoms with E-state index in [1.807, 2.05) is 0 Å². The minimum absolute atomic E-state index is 0.0962. The number of carbonyl (C=O) groups is 2. The van der Waals surface area contributed by atoms with Gasteiger partial charge in [0.2, 0.25) is 0 Å². The van der Waals surface area contributed by atoms with Gasteiger partial charge in [-0.15, -0.1) is 0 Å². The van der Waals surface area contributed by atoms with Crippen LogP contribution in [0.1, 0.15) is 33.3 Å². The molecule has 0 aliphatic rings. The van der Waals surface area contributed by atoms with Crippen molar-refractivity contribution in [2.45, 2.75) is 13.5 Å². The molecule has 0 saturated heterocycles. The zero-order chi connectivity index (χ0) is 14.9. The molecule has 1 N–H and O–H groups in total. The van der Waals surface area contributed by atoms with Crippen LogP contribution in [0.15, 0.2) is 30.5 Å². The van der Waals surface area contributed by atoms with Gasteiger partial charge in [-0.3, -0.25) is 4.79 Å². The molecule has 1 aromatic heterocycles. The number of carbonyl (C=O) groups excluding carboxylic acids is 1. The number of carboxylic acids is 1. The minimum Gasteiger partial charge on any atom is -0.477 e. The van der Waals surface area contributed by atoms with Gasteiger partial charge in [-0.1, -0.05) is 6.07 Å². The molecule has 1 heterocycles. The maximum atomic E-state index is 13.6. The van der Waals surface area contributed by atoms with E-state index in [1.54, 1.807) is 0 Å². The summed E-state index contributed by atoms with van der Waals surface area (Å²) in [5.74, 6) is -2.98. The van der Waals surface area contributed by atoms with Gasteiger partial charge in [-0.2, -0.15) is 0 Å². The van der Waals surface area contributed by atoms with Crippen molar-refractivity contribution < 1.29 is 23.5 Å². The highest BCUT2D eigenvalue weighted by molar-refractivity contribution is 5.97. The van der Waals surface area contributed by atoms with Crippen LogP contribution in [0.25, 0.3) is 0 Å². The highest BCUT2D eigenvalue weighted by Gasteiger charge is 2.16. The zero-order valence-corrected chi connectivity index (χ0v) is 10.6. The first-order valence-corrected chi connectivity index (χ1v) is 5.77. The quantitative estimate of drug-likeness (QED) is 0.875. The number of halogens is 2. The summed E-state index contributed by atoms with van der Waals surface area (Å²) in [5.41, 5.74) is 0.239. The van der Waals surface area contributed by atoms with E-state index >= 15 is 0 Å². The van der Waals surface area contributed by atoms with Crippen molar-refractivity contribution in [3.63, 3.8) is 0 Å². The molecule has 0 bridgehead atoms. The molecule has 20 heavy (non-hydrogen) atoms. The van der Waals surface area contributed by atoms with Crippen LogP contribution in [-0.4, -0.2) is 21.4 Å². The summed E-state index contributed by atoms with van der Waals surface area (Å²) >= 11 is 0. The van der Waals surface area contributed by atoms with Crippen LogP contribution in [0, 0.1) is 11.6 Å². The summed E-state index contributed by atoms with van der Waals surface area (Å²) in [4.78, 5) is 22.4. The van der Waals surface area contributed by atoms with E-state index in [9.17, 15) is 18.4 Å². The Morgan fingerprint density at radius 3 is 2.50 bits per heavy atom. The zero-order valence-electron chi connectivity index (χ0n) is 10.6. The Labute approximate surface area is 113 Å². The summed E-state index contributed by atoms with van der Waals surface area (Å²) in [6, 6.07) is 4.29. The molecule has 0 fully saturated rings. The van der Waals surface area contributed by atoms with Crippen LogP contribution in [0.4, 0.5) is 8.78 Å². The normalized spacial score (nSPS) is 10.6. The first kappa shape index (κ1) is 13.9. The molecule has 2 aromatic rings. The summed E-state index contributed by atoms with van der Waals surface area (Å²) in [7, 11) is 0. The van der Waals surface area contributed by atoms with Gasteiger partial charge in [-0.25, -0.2) is 13.6 Å². The second kappa shape index (κ2) is 5.24. The predicted octanol–water partition coefficient (Wildman–Crippen LogP) is 2.72. The molecule has 0 aliphatic carbocycles. The van der Waals surface area contributed by atoms with E-state index < -0.39 is 17.6 Å². The third kappa shape index (κ3) is 2.74. The average molecular weight is 279 g/mol. The van der Waals surface area contributed by atoms with Crippen LogP contribution >= 0.6 is 0 Å². The molecule has 6 heteroatoms. The molecule has 4 nitrogen and oxygen atoms in total. The van der Waals surface area contributed by atoms with Crippen LogP contribution in [0.3, 0.4) is 0 Å². The maximum absolute atomic E-state index is 13.6. The Morgan fingerprint density at radius 1 is 1.25 bits per heavy atom. The van der Waals surface area contributed by atoms with Gasteiger partial charge in [-0.05, 0) is 19.1 Å². The fraction of sp³-hybridized carbons (Fsp3) is 0.143. The third-order valence-corrected chi connectivity index (χ3v) is 2.88. The van der Waals surface area contributed by atoms with E-state index in [4.69, 9.17) is 5.11 Å². The first-order chi connectivity index (χ1) is 9.38. The van der Waals surface area contributed by atoms with Gasteiger partial charge in [0.25, 0.3) is 0 Å². The van der Waals surface area contributed by atoms with Crippen molar-refractivity contribution >= 4 is 11.8 Å². The number of carboxylic acid groups (broad SMARTS) is 1. The molecule has 104 valence electrons. The molecule has 0 spiro atoms. The second-order valence-corrected chi connectivity index (χ2v) is 4.34. The SMILES string of the molecule is CC(=O)c1cc(C(=O)O)n(Cc2ccc(F)cc2F)c1. The fourth-order valence-corrected chi connectivity index (χ4v) is 1.85.